The average Bonchev–Trinajstić information content (AvgIpc) is 2.52. The van der Waals surface area contributed by atoms with E-state index in [-0.39, 0.29) is 23.7 Å². The van der Waals surface area contributed by atoms with Crippen LogP contribution >= 0.6 is 0 Å². The highest BCUT2D eigenvalue weighted by Gasteiger charge is 2.35. The van der Waals surface area contributed by atoms with Gasteiger partial charge in [-0.25, -0.2) is 0 Å². The van der Waals surface area contributed by atoms with Crippen molar-refractivity contribution in [3.8, 4) is 0 Å². The summed E-state index contributed by atoms with van der Waals surface area (Å²) < 4.78 is 11.7. The summed E-state index contributed by atoms with van der Waals surface area (Å²) in [6, 6.07) is -0.245. The van der Waals surface area contributed by atoms with E-state index in [9.17, 15) is 4.79 Å². The lowest BCUT2D eigenvalue weighted by Crippen LogP contribution is -2.57. The van der Waals surface area contributed by atoms with Gasteiger partial charge in [-0.15, -0.1) is 0 Å². The summed E-state index contributed by atoms with van der Waals surface area (Å²) in [5, 5.41) is 6.33. The number of ether oxygens (including phenoxy) is 2. The molecule has 5 heteroatoms. The van der Waals surface area contributed by atoms with Crippen LogP contribution in [0.4, 0.5) is 0 Å². The van der Waals surface area contributed by atoms with Crippen LogP contribution in [0.1, 0.15) is 52.4 Å². The van der Waals surface area contributed by atoms with Crippen LogP contribution < -0.4 is 10.6 Å². The number of morpholine rings is 1. The number of nitrogens with one attached hydrogen (secondary N) is 2. The number of rotatable bonds is 6. The summed E-state index contributed by atoms with van der Waals surface area (Å²) in [5.41, 5.74) is -0.150. The Morgan fingerprint density at radius 1 is 1.38 bits per heavy atom. The van der Waals surface area contributed by atoms with Gasteiger partial charge in [0, 0.05) is 19.7 Å². The number of amides is 1. The minimum atomic E-state index is -0.245. The third-order valence-corrected chi connectivity index (χ3v) is 4.56. The summed E-state index contributed by atoms with van der Waals surface area (Å²) in [7, 11) is 0. The first-order valence-corrected chi connectivity index (χ1v) is 8.43. The first-order valence-electron chi connectivity index (χ1n) is 8.43. The smallest absolute Gasteiger partial charge is 0.239 e. The Bertz CT molecular complexity index is 329. The molecule has 2 N–H and O–H groups in total. The van der Waals surface area contributed by atoms with Gasteiger partial charge in [0.1, 0.15) is 6.04 Å². The van der Waals surface area contributed by atoms with Gasteiger partial charge >= 0.3 is 0 Å². The van der Waals surface area contributed by atoms with Crippen LogP contribution in [0.25, 0.3) is 0 Å². The maximum atomic E-state index is 12.4. The standard InChI is InChI=1S/C16H30N2O3/c1-3-10-21-16(7-5-4-6-8-16)12-18-15(19)14-13(2)20-11-9-17-14/h13-14,17H,3-12H2,1-2H3,(H,18,19)/t13-,14+/m1/s1. The summed E-state index contributed by atoms with van der Waals surface area (Å²) in [4.78, 5) is 12.4. The number of hydrogen-bond donors (Lipinski definition) is 2. The van der Waals surface area contributed by atoms with E-state index < -0.39 is 0 Å². The van der Waals surface area contributed by atoms with Crippen molar-refractivity contribution < 1.29 is 14.3 Å². The van der Waals surface area contributed by atoms with Gasteiger partial charge in [0.05, 0.1) is 18.3 Å². The third kappa shape index (κ3) is 4.66. The molecule has 0 radical (unpaired) electrons. The second kappa shape index (κ2) is 8.11. The topological polar surface area (TPSA) is 59.6 Å². The first-order chi connectivity index (χ1) is 10.2. The van der Waals surface area contributed by atoms with Gasteiger partial charge in [-0.05, 0) is 26.2 Å². The van der Waals surface area contributed by atoms with E-state index in [4.69, 9.17) is 9.47 Å². The maximum Gasteiger partial charge on any atom is 0.239 e. The van der Waals surface area contributed by atoms with E-state index >= 15 is 0 Å². The number of carbonyl (C=O) groups is 1. The molecule has 2 atom stereocenters. The molecule has 1 heterocycles. The Labute approximate surface area is 128 Å². The molecule has 5 nitrogen and oxygen atoms in total. The van der Waals surface area contributed by atoms with Crippen molar-refractivity contribution >= 4 is 5.91 Å². The normalized spacial score (nSPS) is 29.0. The van der Waals surface area contributed by atoms with Crippen molar-refractivity contribution in [1.29, 1.82) is 0 Å². The molecule has 0 aromatic rings. The molecule has 1 aliphatic carbocycles. The summed E-state index contributed by atoms with van der Waals surface area (Å²) in [6.45, 7) is 6.88. The van der Waals surface area contributed by atoms with Crippen molar-refractivity contribution in [2.75, 3.05) is 26.3 Å². The minimum absolute atomic E-state index is 0.0345. The zero-order chi connectivity index (χ0) is 15.1. The van der Waals surface area contributed by atoms with Gasteiger partial charge in [-0.3, -0.25) is 4.79 Å². The fraction of sp³-hybridized carbons (Fsp3) is 0.938. The summed E-state index contributed by atoms with van der Waals surface area (Å²) in [6.07, 6.45) is 6.72. The van der Waals surface area contributed by atoms with Crippen LogP contribution in [0.15, 0.2) is 0 Å². The predicted molar refractivity (Wildman–Crippen MR) is 82.3 cm³/mol. The number of hydrogen-bond acceptors (Lipinski definition) is 4. The summed E-state index contributed by atoms with van der Waals surface area (Å²) in [5.74, 6) is 0.0345. The SMILES string of the molecule is CCCOC1(CNC(=O)[C@H]2NCCO[C@@H]2C)CCCCC1. The first kappa shape index (κ1) is 16.7. The molecule has 21 heavy (non-hydrogen) atoms. The maximum absolute atomic E-state index is 12.4. The van der Waals surface area contributed by atoms with E-state index in [1.165, 1.54) is 19.3 Å². The van der Waals surface area contributed by atoms with E-state index in [2.05, 4.69) is 17.6 Å². The molecule has 0 aromatic carbocycles. The molecule has 0 aromatic heterocycles. The van der Waals surface area contributed by atoms with E-state index in [1.54, 1.807) is 0 Å². The quantitative estimate of drug-likeness (QED) is 0.782. The van der Waals surface area contributed by atoms with Gasteiger partial charge < -0.3 is 20.1 Å². The fourth-order valence-electron chi connectivity index (χ4n) is 3.27. The van der Waals surface area contributed by atoms with Crippen LogP contribution in [-0.2, 0) is 14.3 Å². The third-order valence-electron chi connectivity index (χ3n) is 4.56. The zero-order valence-corrected chi connectivity index (χ0v) is 13.5. The molecule has 1 saturated carbocycles. The monoisotopic (exact) mass is 298 g/mol. The van der Waals surface area contributed by atoms with Gasteiger partial charge in [0.2, 0.25) is 5.91 Å². The summed E-state index contributed by atoms with van der Waals surface area (Å²) >= 11 is 0. The molecule has 1 aliphatic heterocycles. The highest BCUT2D eigenvalue weighted by molar-refractivity contribution is 5.82. The molecule has 2 fully saturated rings. The largest absolute Gasteiger partial charge is 0.375 e. The van der Waals surface area contributed by atoms with Gasteiger partial charge in [0.15, 0.2) is 0 Å². The Balaban J connectivity index is 1.86. The molecule has 0 bridgehead atoms. The van der Waals surface area contributed by atoms with Crippen molar-refractivity contribution in [2.24, 2.45) is 0 Å². The Hall–Kier alpha value is -0.650. The second-order valence-corrected chi connectivity index (χ2v) is 6.32. The van der Waals surface area contributed by atoms with Gasteiger partial charge in [-0.1, -0.05) is 26.2 Å². The van der Waals surface area contributed by atoms with E-state index in [0.29, 0.717) is 13.2 Å². The van der Waals surface area contributed by atoms with Crippen molar-refractivity contribution in [1.82, 2.24) is 10.6 Å². The Morgan fingerprint density at radius 2 is 2.14 bits per heavy atom. The second-order valence-electron chi connectivity index (χ2n) is 6.32. The lowest BCUT2D eigenvalue weighted by molar-refractivity contribution is -0.132. The Morgan fingerprint density at radius 3 is 2.81 bits per heavy atom. The van der Waals surface area contributed by atoms with Crippen LogP contribution in [0.5, 0.6) is 0 Å². The Kier molecular flexibility index (Phi) is 6.45. The molecule has 2 rings (SSSR count). The van der Waals surface area contributed by atoms with Crippen LogP contribution in [-0.4, -0.2) is 50.0 Å². The van der Waals surface area contributed by atoms with Crippen LogP contribution in [0.3, 0.4) is 0 Å². The molecule has 1 saturated heterocycles. The molecule has 0 unspecified atom stereocenters. The molecule has 2 aliphatic rings. The van der Waals surface area contributed by atoms with Crippen molar-refractivity contribution in [2.45, 2.75) is 70.1 Å². The average molecular weight is 298 g/mol. The lowest BCUT2D eigenvalue weighted by atomic mass is 9.84. The van der Waals surface area contributed by atoms with Crippen LogP contribution in [0, 0.1) is 0 Å². The molecular weight excluding hydrogens is 268 g/mol. The van der Waals surface area contributed by atoms with Gasteiger partial charge in [-0.2, -0.15) is 0 Å². The van der Waals surface area contributed by atoms with Crippen molar-refractivity contribution in [3.05, 3.63) is 0 Å². The minimum Gasteiger partial charge on any atom is -0.375 e. The highest BCUT2D eigenvalue weighted by atomic mass is 16.5. The van der Waals surface area contributed by atoms with E-state index in [0.717, 1.165) is 32.4 Å². The van der Waals surface area contributed by atoms with Crippen molar-refractivity contribution in [3.63, 3.8) is 0 Å². The number of carbonyl (C=O) groups excluding carboxylic acids is 1. The molecule has 0 spiro atoms. The van der Waals surface area contributed by atoms with Gasteiger partial charge in [0.25, 0.3) is 0 Å². The molecular formula is C16H30N2O3. The van der Waals surface area contributed by atoms with Crippen LogP contribution in [0.2, 0.25) is 0 Å². The molecule has 1 amide bonds. The fourth-order valence-corrected chi connectivity index (χ4v) is 3.27. The van der Waals surface area contributed by atoms with E-state index in [1.807, 2.05) is 6.92 Å². The zero-order valence-electron chi connectivity index (χ0n) is 13.5. The highest BCUT2D eigenvalue weighted by Crippen LogP contribution is 2.31. The molecule has 122 valence electrons. The predicted octanol–water partition coefficient (Wildman–Crippen LogP) is 1.61. The lowest BCUT2D eigenvalue weighted by Gasteiger charge is -2.38.